The third kappa shape index (κ3) is 4.94. The summed E-state index contributed by atoms with van der Waals surface area (Å²) in [7, 11) is 3.58. The monoisotopic (exact) mass is 253 g/mol. The summed E-state index contributed by atoms with van der Waals surface area (Å²) in [6.45, 7) is 4.93. The van der Waals surface area contributed by atoms with Crippen LogP contribution in [0.1, 0.15) is 18.9 Å². The van der Waals surface area contributed by atoms with E-state index < -0.39 is 0 Å². The van der Waals surface area contributed by atoms with Crippen LogP contribution >= 0.6 is 0 Å². The summed E-state index contributed by atoms with van der Waals surface area (Å²) in [5.74, 6) is 1.56. The van der Waals surface area contributed by atoms with Gasteiger partial charge in [-0.1, -0.05) is 6.07 Å². The fourth-order valence-electron chi connectivity index (χ4n) is 1.64. The molecule has 0 saturated carbocycles. The van der Waals surface area contributed by atoms with Crippen LogP contribution in [0.5, 0.6) is 11.5 Å². The van der Waals surface area contributed by atoms with Crippen molar-refractivity contribution in [2.45, 2.75) is 19.9 Å². The van der Waals surface area contributed by atoms with Gasteiger partial charge in [0.05, 0.1) is 13.7 Å². The summed E-state index contributed by atoms with van der Waals surface area (Å²) in [5, 5.41) is 3.12. The molecular formula is C14H23NO3. The number of nitrogens with one attached hydrogen (secondary N) is 1. The Morgan fingerprint density at radius 2 is 2.00 bits per heavy atom. The zero-order valence-corrected chi connectivity index (χ0v) is 11.5. The van der Waals surface area contributed by atoms with Crippen molar-refractivity contribution in [3.63, 3.8) is 0 Å². The molecule has 0 amide bonds. The lowest BCUT2D eigenvalue weighted by Gasteiger charge is -2.12. The van der Waals surface area contributed by atoms with Gasteiger partial charge in [0.25, 0.3) is 0 Å². The standard InChI is InChI=1S/C14H23NO3/c1-4-17-8-5-9-18-14-10-12(11-15-2)6-7-13(14)16-3/h6-7,10,15H,4-5,8-9,11H2,1-3H3. The first-order chi connectivity index (χ1) is 8.81. The Balaban J connectivity index is 2.52. The SMILES string of the molecule is CCOCCCOc1cc(CNC)ccc1OC. The van der Waals surface area contributed by atoms with Crippen molar-refractivity contribution in [2.24, 2.45) is 0 Å². The van der Waals surface area contributed by atoms with Crippen LogP contribution in [0, 0.1) is 0 Å². The minimum Gasteiger partial charge on any atom is -0.493 e. The highest BCUT2D eigenvalue weighted by Gasteiger charge is 2.05. The molecule has 0 atom stereocenters. The Hall–Kier alpha value is -1.26. The zero-order chi connectivity index (χ0) is 13.2. The van der Waals surface area contributed by atoms with Crippen LogP contribution in [-0.2, 0) is 11.3 Å². The smallest absolute Gasteiger partial charge is 0.161 e. The van der Waals surface area contributed by atoms with E-state index in [1.54, 1.807) is 7.11 Å². The lowest BCUT2D eigenvalue weighted by molar-refractivity contribution is 0.130. The van der Waals surface area contributed by atoms with E-state index in [2.05, 4.69) is 5.32 Å². The van der Waals surface area contributed by atoms with Crippen molar-refractivity contribution >= 4 is 0 Å². The first-order valence-corrected chi connectivity index (χ1v) is 6.33. The normalized spacial score (nSPS) is 10.4. The molecule has 4 heteroatoms. The molecule has 1 N–H and O–H groups in total. The van der Waals surface area contributed by atoms with Gasteiger partial charge in [0.1, 0.15) is 0 Å². The second-order valence-corrected chi connectivity index (χ2v) is 3.91. The molecule has 0 aliphatic heterocycles. The van der Waals surface area contributed by atoms with Gasteiger partial charge >= 0.3 is 0 Å². The number of ether oxygens (including phenoxy) is 3. The number of benzene rings is 1. The van der Waals surface area contributed by atoms with Crippen LogP contribution in [0.4, 0.5) is 0 Å². The van der Waals surface area contributed by atoms with E-state index in [-0.39, 0.29) is 0 Å². The van der Waals surface area contributed by atoms with Crippen molar-refractivity contribution in [3.05, 3.63) is 23.8 Å². The molecule has 0 radical (unpaired) electrons. The van der Waals surface area contributed by atoms with Gasteiger partial charge in [0, 0.05) is 26.2 Å². The van der Waals surface area contributed by atoms with E-state index in [1.807, 2.05) is 32.2 Å². The Morgan fingerprint density at radius 1 is 1.17 bits per heavy atom. The van der Waals surface area contributed by atoms with Gasteiger partial charge in [-0.05, 0) is 31.7 Å². The van der Waals surface area contributed by atoms with Crippen molar-refractivity contribution < 1.29 is 14.2 Å². The van der Waals surface area contributed by atoms with E-state index in [1.165, 1.54) is 5.56 Å². The summed E-state index contributed by atoms with van der Waals surface area (Å²) in [6, 6.07) is 5.98. The summed E-state index contributed by atoms with van der Waals surface area (Å²) in [4.78, 5) is 0. The molecule has 0 aliphatic rings. The van der Waals surface area contributed by atoms with Gasteiger partial charge in [-0.15, -0.1) is 0 Å². The summed E-state index contributed by atoms with van der Waals surface area (Å²) in [5.41, 5.74) is 1.18. The molecule has 102 valence electrons. The molecule has 1 rings (SSSR count). The molecule has 0 bridgehead atoms. The fraction of sp³-hybridized carbons (Fsp3) is 0.571. The maximum atomic E-state index is 5.73. The fourth-order valence-corrected chi connectivity index (χ4v) is 1.64. The molecule has 0 aliphatic carbocycles. The lowest BCUT2D eigenvalue weighted by Crippen LogP contribution is -2.07. The number of hydrogen-bond donors (Lipinski definition) is 1. The van der Waals surface area contributed by atoms with Crippen LogP contribution in [0.3, 0.4) is 0 Å². The first-order valence-electron chi connectivity index (χ1n) is 6.33. The van der Waals surface area contributed by atoms with Crippen molar-refractivity contribution in [1.29, 1.82) is 0 Å². The lowest BCUT2D eigenvalue weighted by atomic mass is 10.2. The predicted octanol–water partition coefficient (Wildman–Crippen LogP) is 2.22. The van der Waals surface area contributed by atoms with Crippen LogP contribution in [0.2, 0.25) is 0 Å². The highest BCUT2D eigenvalue weighted by Crippen LogP contribution is 2.28. The highest BCUT2D eigenvalue weighted by atomic mass is 16.5. The van der Waals surface area contributed by atoms with E-state index in [0.717, 1.165) is 37.7 Å². The molecule has 1 aromatic carbocycles. The van der Waals surface area contributed by atoms with E-state index in [0.29, 0.717) is 6.61 Å². The Kier molecular flexibility index (Phi) is 7.22. The molecule has 0 unspecified atom stereocenters. The van der Waals surface area contributed by atoms with Crippen molar-refractivity contribution in [2.75, 3.05) is 34.0 Å². The number of rotatable bonds is 9. The van der Waals surface area contributed by atoms with E-state index >= 15 is 0 Å². The topological polar surface area (TPSA) is 39.7 Å². The average molecular weight is 253 g/mol. The Morgan fingerprint density at radius 3 is 2.67 bits per heavy atom. The number of methoxy groups -OCH3 is 1. The van der Waals surface area contributed by atoms with E-state index in [9.17, 15) is 0 Å². The van der Waals surface area contributed by atoms with Gasteiger partial charge in [0.2, 0.25) is 0 Å². The third-order valence-electron chi connectivity index (χ3n) is 2.50. The zero-order valence-electron chi connectivity index (χ0n) is 11.5. The molecule has 1 aromatic rings. The largest absolute Gasteiger partial charge is 0.493 e. The maximum absolute atomic E-state index is 5.73. The van der Waals surface area contributed by atoms with Gasteiger partial charge in [0.15, 0.2) is 11.5 Å². The molecule has 0 spiro atoms. The minimum atomic E-state index is 0.638. The maximum Gasteiger partial charge on any atom is 0.161 e. The second kappa shape index (κ2) is 8.78. The van der Waals surface area contributed by atoms with E-state index in [4.69, 9.17) is 14.2 Å². The third-order valence-corrected chi connectivity index (χ3v) is 2.50. The van der Waals surface area contributed by atoms with Gasteiger partial charge in [-0.3, -0.25) is 0 Å². The van der Waals surface area contributed by atoms with Gasteiger partial charge in [-0.25, -0.2) is 0 Å². The Bertz CT molecular complexity index is 342. The van der Waals surface area contributed by atoms with Crippen LogP contribution in [0.15, 0.2) is 18.2 Å². The van der Waals surface area contributed by atoms with Crippen molar-refractivity contribution in [3.8, 4) is 11.5 Å². The molecule has 0 saturated heterocycles. The molecular weight excluding hydrogens is 230 g/mol. The van der Waals surface area contributed by atoms with Gasteiger partial charge < -0.3 is 19.5 Å². The molecule has 18 heavy (non-hydrogen) atoms. The van der Waals surface area contributed by atoms with Gasteiger partial charge in [-0.2, -0.15) is 0 Å². The van der Waals surface area contributed by atoms with Crippen LogP contribution < -0.4 is 14.8 Å². The van der Waals surface area contributed by atoms with Crippen molar-refractivity contribution in [1.82, 2.24) is 5.32 Å². The first kappa shape index (κ1) is 14.8. The summed E-state index contributed by atoms with van der Waals surface area (Å²) < 4.78 is 16.3. The highest BCUT2D eigenvalue weighted by molar-refractivity contribution is 5.42. The second-order valence-electron chi connectivity index (χ2n) is 3.91. The predicted molar refractivity (Wildman–Crippen MR) is 72.4 cm³/mol. The average Bonchev–Trinajstić information content (AvgIpc) is 2.39. The number of hydrogen-bond acceptors (Lipinski definition) is 4. The van der Waals surface area contributed by atoms with Crippen LogP contribution in [-0.4, -0.2) is 34.0 Å². The molecule has 0 fully saturated rings. The quantitative estimate of drug-likeness (QED) is 0.685. The molecule has 0 heterocycles. The molecule has 4 nitrogen and oxygen atoms in total. The Labute approximate surface area is 109 Å². The summed E-state index contributed by atoms with van der Waals surface area (Å²) in [6.07, 6.45) is 0.882. The summed E-state index contributed by atoms with van der Waals surface area (Å²) >= 11 is 0. The van der Waals surface area contributed by atoms with Crippen LogP contribution in [0.25, 0.3) is 0 Å². The molecule has 0 aromatic heterocycles. The minimum absolute atomic E-state index is 0.638.